The van der Waals surface area contributed by atoms with Crippen molar-refractivity contribution in [3.05, 3.63) is 36.1 Å². The van der Waals surface area contributed by atoms with Crippen molar-refractivity contribution in [2.24, 2.45) is 0 Å². The molecule has 2 aromatic rings. The number of hydrogen-bond acceptors (Lipinski definition) is 3. The van der Waals surface area contributed by atoms with Crippen LogP contribution in [0.5, 0.6) is 0 Å². The molecule has 2 unspecified atom stereocenters. The van der Waals surface area contributed by atoms with Gasteiger partial charge in [-0.1, -0.05) is 13.0 Å². The number of aliphatic hydroxyl groups excluding tert-OH is 1. The highest BCUT2D eigenvalue weighted by molar-refractivity contribution is 5.77. The first-order chi connectivity index (χ1) is 7.72. The molecule has 1 heterocycles. The predicted molar refractivity (Wildman–Crippen MR) is 64.3 cm³/mol. The lowest BCUT2D eigenvalue weighted by molar-refractivity contribution is 0.137. The van der Waals surface area contributed by atoms with Gasteiger partial charge in [0.15, 0.2) is 0 Å². The Morgan fingerprint density at radius 1 is 1.38 bits per heavy atom. The van der Waals surface area contributed by atoms with Crippen LogP contribution in [0.25, 0.3) is 11.0 Å². The summed E-state index contributed by atoms with van der Waals surface area (Å²) in [6.45, 7) is 4.86. The zero-order chi connectivity index (χ0) is 11.5. The summed E-state index contributed by atoms with van der Waals surface area (Å²) in [6, 6.07) is 7.73. The second-order valence-corrected chi connectivity index (χ2v) is 4.01. The molecule has 16 heavy (non-hydrogen) atoms. The minimum absolute atomic E-state index is 0.0503. The quantitative estimate of drug-likeness (QED) is 0.830. The lowest BCUT2D eigenvalue weighted by atomic mass is 10.0. The molecule has 2 atom stereocenters. The fraction of sp³-hybridized carbons (Fsp3) is 0.385. The van der Waals surface area contributed by atoms with Gasteiger partial charge in [0.05, 0.1) is 12.4 Å². The number of likely N-dealkylation sites (N-methyl/N-ethyl adjacent to an activating group) is 1. The first kappa shape index (κ1) is 11.2. The van der Waals surface area contributed by atoms with E-state index in [2.05, 4.69) is 5.32 Å². The first-order valence-electron chi connectivity index (χ1n) is 5.61. The molecule has 3 heteroatoms. The summed E-state index contributed by atoms with van der Waals surface area (Å²) in [5.41, 5.74) is 1.77. The maximum Gasteiger partial charge on any atom is 0.133 e. The van der Waals surface area contributed by atoms with Crippen LogP contribution < -0.4 is 5.32 Å². The first-order valence-corrected chi connectivity index (χ1v) is 5.61. The number of rotatable bonds is 4. The molecule has 0 aliphatic rings. The van der Waals surface area contributed by atoms with Crippen molar-refractivity contribution in [3.63, 3.8) is 0 Å². The molecule has 0 saturated carbocycles. The third-order valence-electron chi connectivity index (χ3n) is 2.82. The van der Waals surface area contributed by atoms with Crippen molar-refractivity contribution in [2.45, 2.75) is 26.0 Å². The van der Waals surface area contributed by atoms with Crippen LogP contribution in [0, 0.1) is 0 Å². The van der Waals surface area contributed by atoms with E-state index in [4.69, 9.17) is 4.42 Å². The van der Waals surface area contributed by atoms with Gasteiger partial charge >= 0.3 is 0 Å². The van der Waals surface area contributed by atoms with Gasteiger partial charge in [0.25, 0.3) is 0 Å². The highest BCUT2D eigenvalue weighted by Crippen LogP contribution is 2.23. The fourth-order valence-electron chi connectivity index (χ4n) is 1.89. The largest absolute Gasteiger partial charge is 0.464 e. The average molecular weight is 219 g/mol. The minimum Gasteiger partial charge on any atom is -0.464 e. The van der Waals surface area contributed by atoms with E-state index >= 15 is 0 Å². The van der Waals surface area contributed by atoms with Crippen LogP contribution >= 0.6 is 0 Å². The smallest absolute Gasteiger partial charge is 0.133 e. The summed E-state index contributed by atoms with van der Waals surface area (Å²) in [4.78, 5) is 0. The summed E-state index contributed by atoms with van der Waals surface area (Å²) in [5.74, 6) is 0. The molecule has 2 rings (SSSR count). The Labute approximate surface area is 95.1 Å². The molecule has 0 amide bonds. The van der Waals surface area contributed by atoms with Crippen LogP contribution in [-0.4, -0.2) is 17.7 Å². The van der Waals surface area contributed by atoms with E-state index < -0.39 is 6.10 Å². The van der Waals surface area contributed by atoms with Gasteiger partial charge in [-0.2, -0.15) is 0 Å². The highest BCUT2D eigenvalue weighted by atomic mass is 16.3. The topological polar surface area (TPSA) is 45.4 Å². The maximum absolute atomic E-state index is 10.1. The van der Waals surface area contributed by atoms with Gasteiger partial charge in [-0.05, 0) is 37.2 Å². The van der Waals surface area contributed by atoms with E-state index in [9.17, 15) is 5.11 Å². The molecule has 2 N–H and O–H groups in total. The molecule has 0 radical (unpaired) electrons. The second-order valence-electron chi connectivity index (χ2n) is 4.01. The molecular formula is C13H17NO2. The Bertz CT molecular complexity index is 464. The number of furan rings is 1. The van der Waals surface area contributed by atoms with Gasteiger partial charge in [0.2, 0.25) is 0 Å². The van der Waals surface area contributed by atoms with Crippen LogP contribution in [0.4, 0.5) is 0 Å². The van der Waals surface area contributed by atoms with E-state index in [0.29, 0.717) is 0 Å². The molecule has 0 spiro atoms. The summed E-state index contributed by atoms with van der Waals surface area (Å²) in [7, 11) is 0. The number of nitrogens with one attached hydrogen (secondary N) is 1. The molecule has 1 aromatic carbocycles. The maximum atomic E-state index is 10.1. The van der Waals surface area contributed by atoms with Gasteiger partial charge in [-0.25, -0.2) is 0 Å². The molecule has 0 aliphatic carbocycles. The number of fused-ring (bicyclic) bond motifs is 1. The normalized spacial score (nSPS) is 15.2. The molecule has 0 fully saturated rings. The molecule has 1 aromatic heterocycles. The molecule has 0 aliphatic heterocycles. The summed E-state index contributed by atoms with van der Waals surface area (Å²) in [6.07, 6.45) is 1.17. The van der Waals surface area contributed by atoms with E-state index in [1.54, 1.807) is 6.26 Å². The van der Waals surface area contributed by atoms with E-state index in [0.717, 1.165) is 23.1 Å². The summed E-state index contributed by atoms with van der Waals surface area (Å²) in [5, 5.41) is 14.4. The van der Waals surface area contributed by atoms with Gasteiger partial charge in [0, 0.05) is 11.4 Å². The van der Waals surface area contributed by atoms with Gasteiger partial charge < -0.3 is 14.8 Å². The van der Waals surface area contributed by atoms with E-state index in [1.165, 1.54) is 0 Å². The Balaban J connectivity index is 2.24. The monoisotopic (exact) mass is 219 g/mol. The predicted octanol–water partition coefficient (Wildman–Crippen LogP) is 2.46. The Morgan fingerprint density at radius 2 is 2.19 bits per heavy atom. The van der Waals surface area contributed by atoms with Crippen LogP contribution in [-0.2, 0) is 0 Å². The summed E-state index contributed by atoms with van der Waals surface area (Å²) < 4.78 is 5.26. The molecule has 3 nitrogen and oxygen atoms in total. The van der Waals surface area contributed by atoms with Crippen molar-refractivity contribution in [3.8, 4) is 0 Å². The Morgan fingerprint density at radius 3 is 2.94 bits per heavy atom. The third-order valence-corrected chi connectivity index (χ3v) is 2.82. The summed E-state index contributed by atoms with van der Waals surface area (Å²) >= 11 is 0. The molecular weight excluding hydrogens is 202 g/mol. The molecule has 86 valence electrons. The fourth-order valence-corrected chi connectivity index (χ4v) is 1.89. The zero-order valence-electron chi connectivity index (χ0n) is 9.60. The Hall–Kier alpha value is -1.32. The van der Waals surface area contributed by atoms with Crippen molar-refractivity contribution in [1.82, 2.24) is 5.32 Å². The average Bonchev–Trinajstić information content (AvgIpc) is 2.75. The third kappa shape index (κ3) is 2.10. The van der Waals surface area contributed by atoms with Gasteiger partial charge in [-0.15, -0.1) is 0 Å². The van der Waals surface area contributed by atoms with Crippen molar-refractivity contribution < 1.29 is 9.52 Å². The standard InChI is InChI=1S/C13H17NO2/c1-3-14-9(2)13(15)11-4-5-12-10(8-11)6-7-16-12/h4-9,13-15H,3H2,1-2H3. The van der Waals surface area contributed by atoms with Crippen molar-refractivity contribution in [1.29, 1.82) is 0 Å². The molecule has 0 saturated heterocycles. The SMILES string of the molecule is CCNC(C)C(O)c1ccc2occc2c1. The number of aliphatic hydroxyl groups is 1. The lowest BCUT2D eigenvalue weighted by Crippen LogP contribution is -2.31. The van der Waals surface area contributed by atoms with Crippen molar-refractivity contribution >= 4 is 11.0 Å². The van der Waals surface area contributed by atoms with Crippen LogP contribution in [0.2, 0.25) is 0 Å². The van der Waals surface area contributed by atoms with E-state index in [1.807, 2.05) is 38.1 Å². The van der Waals surface area contributed by atoms with Gasteiger partial charge in [-0.3, -0.25) is 0 Å². The van der Waals surface area contributed by atoms with Crippen LogP contribution in [0.15, 0.2) is 34.9 Å². The Kier molecular flexibility index (Phi) is 3.27. The van der Waals surface area contributed by atoms with Crippen LogP contribution in [0.1, 0.15) is 25.5 Å². The second kappa shape index (κ2) is 4.68. The highest BCUT2D eigenvalue weighted by Gasteiger charge is 2.15. The minimum atomic E-state index is -0.487. The zero-order valence-corrected chi connectivity index (χ0v) is 9.60. The lowest BCUT2D eigenvalue weighted by Gasteiger charge is -2.19. The van der Waals surface area contributed by atoms with Gasteiger partial charge in [0.1, 0.15) is 5.58 Å². The molecule has 0 bridgehead atoms. The van der Waals surface area contributed by atoms with Crippen LogP contribution in [0.3, 0.4) is 0 Å². The number of hydrogen-bond donors (Lipinski definition) is 2. The van der Waals surface area contributed by atoms with Crippen molar-refractivity contribution in [2.75, 3.05) is 6.54 Å². The van der Waals surface area contributed by atoms with E-state index in [-0.39, 0.29) is 6.04 Å². The number of benzene rings is 1.